The van der Waals surface area contributed by atoms with E-state index in [0.29, 0.717) is 6.37 Å². The Bertz CT molecular complexity index is 495. The second-order valence-electron chi connectivity index (χ2n) is 2.75. The van der Waals surface area contributed by atoms with Gasteiger partial charge in [0.05, 0.1) is 17.6 Å². The van der Waals surface area contributed by atoms with Crippen molar-refractivity contribution >= 4 is 61.3 Å². The molecule has 0 aliphatic rings. The molecular formula is C9H7BrIN2P. The Morgan fingerprint density at radius 2 is 2.36 bits per heavy atom. The average molecular weight is 381 g/mol. The van der Waals surface area contributed by atoms with Crippen molar-refractivity contribution < 1.29 is 0 Å². The predicted octanol–water partition coefficient (Wildman–Crippen LogP) is 4.23. The molecular weight excluding hydrogens is 374 g/mol. The van der Waals surface area contributed by atoms with Gasteiger partial charge < -0.3 is 0 Å². The lowest BCUT2D eigenvalue weighted by Crippen LogP contribution is -1.82. The number of aromatic nitrogens is 2. The van der Waals surface area contributed by atoms with Crippen molar-refractivity contribution in [3.8, 4) is 0 Å². The third kappa shape index (κ3) is 1.75. The minimum atomic E-state index is 0.617. The van der Waals surface area contributed by atoms with Crippen molar-refractivity contribution in [2.75, 3.05) is 0 Å². The van der Waals surface area contributed by atoms with Crippen LogP contribution in [0.2, 0.25) is 0 Å². The molecule has 0 N–H and O–H groups in total. The Hall–Kier alpha value is 0.0700. The summed E-state index contributed by atoms with van der Waals surface area (Å²) < 4.78 is 3.07. The summed E-state index contributed by atoms with van der Waals surface area (Å²) in [6, 6.07) is 6.18. The van der Waals surface area contributed by atoms with Gasteiger partial charge in [0.15, 0.2) is 0 Å². The van der Waals surface area contributed by atoms with Gasteiger partial charge in [-0.15, -0.1) is 0 Å². The minimum Gasteiger partial charge on any atom is -0.237 e. The van der Waals surface area contributed by atoms with E-state index in [-0.39, 0.29) is 0 Å². The fourth-order valence-corrected chi connectivity index (χ4v) is 3.22. The molecule has 0 aliphatic carbocycles. The Morgan fingerprint density at radius 1 is 1.57 bits per heavy atom. The van der Waals surface area contributed by atoms with E-state index in [1.165, 1.54) is 0 Å². The summed E-state index contributed by atoms with van der Waals surface area (Å²) in [5.41, 5.74) is 2.11. The van der Waals surface area contributed by atoms with E-state index in [9.17, 15) is 0 Å². The van der Waals surface area contributed by atoms with Crippen LogP contribution in [0.5, 0.6) is 0 Å². The second-order valence-corrected chi connectivity index (χ2v) is 5.70. The number of hydrogen-bond donors (Lipinski definition) is 0. The van der Waals surface area contributed by atoms with Gasteiger partial charge in [0.1, 0.15) is 0 Å². The molecule has 1 aromatic heterocycles. The number of rotatable bonds is 2. The molecule has 14 heavy (non-hydrogen) atoms. The molecule has 0 radical (unpaired) electrons. The maximum absolute atomic E-state index is 4.45. The van der Waals surface area contributed by atoms with Crippen LogP contribution in [0.25, 0.3) is 17.0 Å². The van der Waals surface area contributed by atoms with Crippen LogP contribution in [0.15, 0.2) is 29.3 Å². The predicted molar refractivity (Wildman–Crippen MR) is 75.3 cm³/mol. The molecule has 5 heteroatoms. The molecule has 2 nitrogen and oxygen atoms in total. The molecule has 2 aromatic rings. The van der Waals surface area contributed by atoms with E-state index >= 15 is 0 Å². The van der Waals surface area contributed by atoms with E-state index in [1.807, 2.05) is 10.5 Å². The van der Waals surface area contributed by atoms with E-state index in [0.717, 1.165) is 21.1 Å². The Morgan fingerprint density at radius 3 is 3.00 bits per heavy atom. The Kier molecular flexibility index (Phi) is 3.24. The smallest absolute Gasteiger partial charge is 0.0927 e. The van der Waals surface area contributed by atoms with Gasteiger partial charge in [-0.1, -0.05) is 22.5 Å². The maximum atomic E-state index is 4.45. The van der Waals surface area contributed by atoms with Gasteiger partial charge >= 0.3 is 0 Å². The van der Waals surface area contributed by atoms with Crippen LogP contribution < -0.4 is 0 Å². The fourth-order valence-electron chi connectivity index (χ4n) is 1.33. The molecule has 0 fully saturated rings. The number of nitrogens with zero attached hydrogens (tertiary/aromatic N) is 2. The van der Waals surface area contributed by atoms with Gasteiger partial charge in [0, 0.05) is 9.86 Å². The Labute approximate surface area is 105 Å². The van der Waals surface area contributed by atoms with Crippen molar-refractivity contribution in [3.05, 3.63) is 34.9 Å². The van der Waals surface area contributed by atoms with Gasteiger partial charge in [-0.3, -0.25) is 0 Å². The molecule has 0 aliphatic heterocycles. The summed E-state index contributed by atoms with van der Waals surface area (Å²) in [6.45, 7) is 3.77. The first-order valence-corrected chi connectivity index (χ1v) is 8.79. The number of halogens is 2. The van der Waals surface area contributed by atoms with Gasteiger partial charge in [-0.2, -0.15) is 5.10 Å². The third-order valence-corrected chi connectivity index (χ3v) is 4.31. The van der Waals surface area contributed by atoms with Crippen LogP contribution >= 0.6 is 44.3 Å². The van der Waals surface area contributed by atoms with Gasteiger partial charge in [0.25, 0.3) is 0 Å². The van der Waals surface area contributed by atoms with E-state index in [4.69, 9.17) is 0 Å². The van der Waals surface area contributed by atoms with Crippen molar-refractivity contribution in [2.24, 2.45) is 0 Å². The van der Waals surface area contributed by atoms with Crippen LogP contribution in [-0.2, 0) is 0 Å². The first-order chi connectivity index (χ1) is 6.76. The molecule has 0 amide bonds. The summed E-state index contributed by atoms with van der Waals surface area (Å²) in [5, 5.41) is 5.60. The summed E-state index contributed by atoms with van der Waals surface area (Å²) in [6.07, 6.45) is 2.41. The first-order valence-electron chi connectivity index (χ1n) is 3.93. The second kappa shape index (κ2) is 4.29. The zero-order valence-electron chi connectivity index (χ0n) is 7.17. The fraction of sp³-hybridized carbons (Fsp3) is 0. The number of fused-ring (bicyclic) bond motifs is 1. The summed E-state index contributed by atoms with van der Waals surface area (Å²) in [7, 11) is 0. The van der Waals surface area contributed by atoms with Crippen LogP contribution in [0, 0.1) is 0 Å². The molecule has 1 atom stereocenters. The first kappa shape index (κ1) is 10.6. The normalized spacial score (nSPS) is 11.6. The quantitative estimate of drug-likeness (QED) is 0.563. The minimum absolute atomic E-state index is 0.617. The number of hydrogen-bond acceptors (Lipinski definition) is 1. The highest BCUT2D eigenvalue weighted by Crippen LogP contribution is 2.31. The monoisotopic (exact) mass is 380 g/mol. The van der Waals surface area contributed by atoms with E-state index < -0.39 is 0 Å². The van der Waals surface area contributed by atoms with Gasteiger partial charge in [-0.25, -0.2) is 4.45 Å². The van der Waals surface area contributed by atoms with E-state index in [2.05, 4.69) is 61.8 Å². The van der Waals surface area contributed by atoms with E-state index in [1.54, 1.807) is 6.08 Å². The Balaban J connectivity index is 2.82. The van der Waals surface area contributed by atoms with Crippen molar-refractivity contribution in [2.45, 2.75) is 0 Å². The van der Waals surface area contributed by atoms with Crippen molar-refractivity contribution in [1.82, 2.24) is 9.55 Å². The highest BCUT2D eigenvalue weighted by Gasteiger charge is 2.07. The SMILES string of the molecule is C=Cc1nn(PI)c2ccc(Br)cc12. The summed E-state index contributed by atoms with van der Waals surface area (Å²) >= 11 is 5.78. The molecule has 2 rings (SSSR count). The molecule has 0 bridgehead atoms. The molecule has 0 saturated heterocycles. The maximum Gasteiger partial charge on any atom is 0.0927 e. The topological polar surface area (TPSA) is 17.8 Å². The highest BCUT2D eigenvalue weighted by atomic mass is 127. The van der Waals surface area contributed by atoms with Gasteiger partial charge in [-0.05, 0) is 46.3 Å². The molecule has 1 unspecified atom stereocenters. The lowest BCUT2D eigenvalue weighted by atomic mass is 10.2. The van der Waals surface area contributed by atoms with Gasteiger partial charge in [0.2, 0.25) is 0 Å². The third-order valence-electron chi connectivity index (χ3n) is 1.94. The summed E-state index contributed by atoms with van der Waals surface area (Å²) in [4.78, 5) is 0. The van der Waals surface area contributed by atoms with Crippen molar-refractivity contribution in [3.63, 3.8) is 0 Å². The molecule has 0 spiro atoms. The lowest BCUT2D eigenvalue weighted by Gasteiger charge is -1.95. The zero-order chi connectivity index (χ0) is 10.1. The molecule has 1 aromatic carbocycles. The number of benzene rings is 1. The largest absolute Gasteiger partial charge is 0.237 e. The lowest BCUT2D eigenvalue weighted by molar-refractivity contribution is 1.03. The highest BCUT2D eigenvalue weighted by molar-refractivity contribution is 14.2. The molecule has 72 valence electrons. The van der Waals surface area contributed by atoms with Crippen LogP contribution in [-0.4, -0.2) is 9.55 Å². The van der Waals surface area contributed by atoms with Crippen LogP contribution in [0.1, 0.15) is 5.69 Å². The molecule has 0 saturated carbocycles. The zero-order valence-corrected chi connectivity index (χ0v) is 11.9. The van der Waals surface area contributed by atoms with Crippen LogP contribution in [0.4, 0.5) is 0 Å². The average Bonchev–Trinajstić information content (AvgIpc) is 2.55. The summed E-state index contributed by atoms with van der Waals surface area (Å²) in [5.74, 6) is 0. The standard InChI is InChI=1S/C9H7BrIN2P/c1-2-8-7-5-6(10)3-4-9(7)13(12-8)14-11/h2-5,14H,1H2. The molecule has 1 heterocycles. The van der Waals surface area contributed by atoms with Crippen molar-refractivity contribution in [1.29, 1.82) is 0 Å². The van der Waals surface area contributed by atoms with Crippen LogP contribution in [0.3, 0.4) is 0 Å².